The molecule has 130 valence electrons. The van der Waals surface area contributed by atoms with Crippen molar-refractivity contribution < 1.29 is 4.79 Å². The molecule has 3 aromatic rings. The van der Waals surface area contributed by atoms with Crippen LogP contribution in [0.3, 0.4) is 0 Å². The molecule has 1 aliphatic rings. The minimum absolute atomic E-state index is 0.173. The van der Waals surface area contributed by atoms with E-state index >= 15 is 0 Å². The monoisotopic (exact) mass is 347 g/mol. The zero-order valence-corrected chi connectivity index (χ0v) is 14.4. The van der Waals surface area contributed by atoms with Gasteiger partial charge in [0, 0.05) is 18.6 Å². The van der Waals surface area contributed by atoms with Crippen molar-refractivity contribution in [1.82, 2.24) is 19.5 Å². The molecule has 2 unspecified atom stereocenters. The van der Waals surface area contributed by atoms with E-state index in [4.69, 9.17) is 11.0 Å². The lowest BCUT2D eigenvalue weighted by Crippen LogP contribution is -2.15. The Hall–Kier alpha value is -3.47. The summed E-state index contributed by atoms with van der Waals surface area (Å²) in [5.74, 6) is 1.08. The average Bonchev–Trinajstić information content (AvgIpc) is 3.34. The van der Waals surface area contributed by atoms with Crippen LogP contribution in [-0.2, 0) is 11.8 Å². The lowest BCUT2D eigenvalue weighted by Gasteiger charge is -2.09. The molecule has 0 saturated heterocycles. The number of fused-ring (bicyclic) bond motifs is 1. The second-order valence-electron chi connectivity index (χ2n) is 6.50. The van der Waals surface area contributed by atoms with E-state index in [2.05, 4.69) is 26.3 Å². The van der Waals surface area contributed by atoms with E-state index < -0.39 is 0 Å². The molecule has 0 aliphatic heterocycles. The van der Waals surface area contributed by atoms with Gasteiger partial charge in [-0.1, -0.05) is 0 Å². The highest BCUT2D eigenvalue weighted by Crippen LogP contribution is 2.38. The predicted molar refractivity (Wildman–Crippen MR) is 96.7 cm³/mol. The van der Waals surface area contributed by atoms with E-state index in [0.717, 1.165) is 16.9 Å². The molecule has 0 radical (unpaired) electrons. The zero-order valence-electron chi connectivity index (χ0n) is 14.4. The number of nitriles is 1. The highest BCUT2D eigenvalue weighted by atomic mass is 16.2. The first-order valence-electron chi connectivity index (χ1n) is 8.23. The number of anilines is 2. The van der Waals surface area contributed by atoms with Gasteiger partial charge in [-0.25, -0.2) is 15.0 Å². The maximum Gasteiger partial charge on any atom is 0.230 e. The summed E-state index contributed by atoms with van der Waals surface area (Å²) < 4.78 is 1.94. The number of carbonyl (C=O) groups is 1. The molecule has 3 aromatic heterocycles. The van der Waals surface area contributed by atoms with Gasteiger partial charge in [-0.3, -0.25) is 4.79 Å². The Labute approximate surface area is 149 Å². The van der Waals surface area contributed by atoms with Crippen molar-refractivity contribution in [2.45, 2.75) is 13.3 Å². The number of rotatable bonds is 3. The molecule has 0 bridgehead atoms. The van der Waals surface area contributed by atoms with Crippen molar-refractivity contribution in [3.63, 3.8) is 0 Å². The van der Waals surface area contributed by atoms with Crippen molar-refractivity contribution >= 4 is 28.3 Å². The summed E-state index contributed by atoms with van der Waals surface area (Å²) in [6.45, 7) is 1.91. The predicted octanol–water partition coefficient (Wildman–Crippen LogP) is 2.02. The van der Waals surface area contributed by atoms with Crippen LogP contribution in [0.15, 0.2) is 24.5 Å². The number of nitrogens with zero attached hydrogens (tertiary/aromatic N) is 5. The Balaban J connectivity index is 1.69. The van der Waals surface area contributed by atoms with E-state index in [1.54, 1.807) is 18.5 Å². The number of amides is 1. The summed E-state index contributed by atoms with van der Waals surface area (Å²) in [5.41, 5.74) is 7.65. The number of aromatic nitrogens is 4. The van der Waals surface area contributed by atoms with Crippen LogP contribution in [0.2, 0.25) is 0 Å². The maximum atomic E-state index is 12.1. The molecule has 3 heterocycles. The van der Waals surface area contributed by atoms with Gasteiger partial charge in [0.1, 0.15) is 17.5 Å². The first-order chi connectivity index (χ1) is 12.5. The Morgan fingerprint density at radius 1 is 1.38 bits per heavy atom. The number of nitrogens with two attached hydrogens (primary N) is 1. The molecule has 4 rings (SSSR count). The van der Waals surface area contributed by atoms with Gasteiger partial charge in [0.15, 0.2) is 0 Å². The minimum atomic E-state index is -0.243. The summed E-state index contributed by atoms with van der Waals surface area (Å²) >= 11 is 0. The number of aryl methyl sites for hydroxylation is 1. The van der Waals surface area contributed by atoms with Crippen LogP contribution in [0.25, 0.3) is 22.2 Å². The number of carbonyl (C=O) groups excluding carboxylic acids is 1. The summed E-state index contributed by atoms with van der Waals surface area (Å²) in [5, 5.41) is 13.2. The first-order valence-corrected chi connectivity index (χ1v) is 8.23. The van der Waals surface area contributed by atoms with E-state index in [1.165, 1.54) is 0 Å². The lowest BCUT2D eigenvalue weighted by molar-refractivity contribution is -0.117. The smallest absolute Gasteiger partial charge is 0.230 e. The molecule has 1 fully saturated rings. The average molecular weight is 347 g/mol. The van der Waals surface area contributed by atoms with Crippen molar-refractivity contribution in [1.29, 1.82) is 5.26 Å². The normalized spacial score (nSPS) is 18.5. The molecule has 8 nitrogen and oxygen atoms in total. The van der Waals surface area contributed by atoms with E-state index in [9.17, 15) is 4.79 Å². The molecule has 2 atom stereocenters. The summed E-state index contributed by atoms with van der Waals surface area (Å²) in [6.07, 6.45) is 3.96. The quantitative estimate of drug-likeness (QED) is 0.747. The molecular weight excluding hydrogens is 330 g/mol. The molecule has 1 saturated carbocycles. The van der Waals surface area contributed by atoms with Crippen LogP contribution < -0.4 is 11.1 Å². The number of hydrogen-bond acceptors (Lipinski definition) is 6. The largest absolute Gasteiger partial charge is 0.383 e. The van der Waals surface area contributed by atoms with E-state index in [-0.39, 0.29) is 17.7 Å². The Bertz CT molecular complexity index is 1080. The molecule has 0 aromatic carbocycles. The van der Waals surface area contributed by atoms with Crippen LogP contribution in [0, 0.1) is 30.1 Å². The Kier molecular flexibility index (Phi) is 3.58. The van der Waals surface area contributed by atoms with Crippen LogP contribution in [0.5, 0.6) is 0 Å². The van der Waals surface area contributed by atoms with Gasteiger partial charge in [-0.2, -0.15) is 5.26 Å². The molecule has 1 aliphatic carbocycles. The highest BCUT2D eigenvalue weighted by Gasteiger charge is 2.43. The summed E-state index contributed by atoms with van der Waals surface area (Å²) in [4.78, 5) is 25.1. The van der Waals surface area contributed by atoms with Crippen molar-refractivity contribution in [3.05, 3.63) is 30.4 Å². The van der Waals surface area contributed by atoms with Crippen LogP contribution in [0.1, 0.15) is 12.2 Å². The molecule has 8 heteroatoms. The fraction of sp³-hybridized carbons (Fsp3) is 0.278. The highest BCUT2D eigenvalue weighted by molar-refractivity contribution is 5.98. The first kappa shape index (κ1) is 16.0. The minimum Gasteiger partial charge on any atom is -0.383 e. The summed E-state index contributed by atoms with van der Waals surface area (Å²) in [6, 6.07) is 5.77. The van der Waals surface area contributed by atoms with Gasteiger partial charge in [0.05, 0.1) is 35.5 Å². The number of pyridine rings is 2. The zero-order chi connectivity index (χ0) is 18.4. The van der Waals surface area contributed by atoms with Crippen molar-refractivity contribution in [2.24, 2.45) is 18.9 Å². The molecular formula is C18H17N7O. The van der Waals surface area contributed by atoms with E-state index in [1.807, 2.05) is 24.6 Å². The van der Waals surface area contributed by atoms with Gasteiger partial charge in [-0.15, -0.1) is 0 Å². The SMILES string of the molecule is Cc1ncc(-c2cc3cc(NC(=O)C4CC4C#N)ncc3c(N)n2)n1C. The van der Waals surface area contributed by atoms with Gasteiger partial charge < -0.3 is 15.6 Å². The third-order valence-electron chi connectivity index (χ3n) is 4.77. The Morgan fingerprint density at radius 2 is 2.19 bits per heavy atom. The number of nitrogen functional groups attached to an aromatic ring is 1. The second kappa shape index (κ2) is 5.81. The molecule has 26 heavy (non-hydrogen) atoms. The van der Waals surface area contributed by atoms with Gasteiger partial charge in [-0.05, 0) is 30.9 Å². The van der Waals surface area contributed by atoms with Crippen LogP contribution in [-0.4, -0.2) is 25.4 Å². The maximum absolute atomic E-state index is 12.1. The van der Waals surface area contributed by atoms with Crippen LogP contribution in [0.4, 0.5) is 11.6 Å². The van der Waals surface area contributed by atoms with E-state index in [0.29, 0.717) is 29.1 Å². The van der Waals surface area contributed by atoms with Gasteiger partial charge >= 0.3 is 0 Å². The number of nitrogens with one attached hydrogen (secondary N) is 1. The second-order valence-corrected chi connectivity index (χ2v) is 6.50. The molecule has 0 spiro atoms. The molecule has 1 amide bonds. The third kappa shape index (κ3) is 2.63. The fourth-order valence-corrected chi connectivity index (χ4v) is 2.96. The number of imidazole rings is 1. The molecule has 3 N–H and O–H groups in total. The van der Waals surface area contributed by atoms with Crippen LogP contribution >= 0.6 is 0 Å². The third-order valence-corrected chi connectivity index (χ3v) is 4.77. The Morgan fingerprint density at radius 3 is 2.85 bits per heavy atom. The fourth-order valence-electron chi connectivity index (χ4n) is 2.96. The standard InChI is InChI=1S/C18H17N7O/c1-9-21-8-15(25(9)2)14-4-10-5-16(22-7-13(10)17(20)23-14)24-18(26)12-3-11(12)6-19/h4-5,7-8,11-12H,3H2,1-2H3,(H2,20,23)(H,22,24,26). The van der Waals surface area contributed by atoms with Crippen molar-refractivity contribution in [3.8, 4) is 17.5 Å². The summed E-state index contributed by atoms with van der Waals surface area (Å²) in [7, 11) is 1.92. The van der Waals surface area contributed by atoms with Gasteiger partial charge in [0.25, 0.3) is 0 Å². The topological polar surface area (TPSA) is 123 Å². The number of hydrogen-bond donors (Lipinski definition) is 2. The van der Waals surface area contributed by atoms with Crippen molar-refractivity contribution in [2.75, 3.05) is 11.1 Å². The van der Waals surface area contributed by atoms with Gasteiger partial charge in [0.2, 0.25) is 5.91 Å². The lowest BCUT2D eigenvalue weighted by atomic mass is 10.1.